The molecule has 3 heterocycles. The third-order valence-corrected chi connectivity index (χ3v) is 4.52. The van der Waals surface area contributed by atoms with E-state index in [1.165, 1.54) is 6.33 Å². The molecule has 0 amide bonds. The number of thiophene rings is 1. The summed E-state index contributed by atoms with van der Waals surface area (Å²) in [5.74, 6) is -0.275. The van der Waals surface area contributed by atoms with Crippen molar-refractivity contribution in [1.29, 1.82) is 0 Å². The van der Waals surface area contributed by atoms with Crippen molar-refractivity contribution in [3.8, 4) is 0 Å². The molecule has 0 spiro atoms. The summed E-state index contributed by atoms with van der Waals surface area (Å²) in [6, 6.07) is 1.98. The molecule has 1 saturated heterocycles. The number of nitrogens with one attached hydrogen (secondary N) is 1. The number of anilines is 1. The number of aromatic nitrogens is 2. The monoisotopic (exact) mass is 293 g/mol. The van der Waals surface area contributed by atoms with E-state index < -0.39 is 11.5 Å². The third kappa shape index (κ3) is 2.23. The lowest BCUT2D eigenvalue weighted by atomic mass is 9.90. The number of carboxylic acid groups (broad SMARTS) is 1. The van der Waals surface area contributed by atoms with Crippen molar-refractivity contribution in [2.75, 3.05) is 18.5 Å². The van der Waals surface area contributed by atoms with E-state index in [-0.39, 0.29) is 0 Å². The van der Waals surface area contributed by atoms with Gasteiger partial charge < -0.3 is 15.2 Å². The number of nitrogens with zero attached hydrogens (tertiary/aromatic N) is 2. The van der Waals surface area contributed by atoms with Crippen LogP contribution in [0.1, 0.15) is 17.7 Å². The van der Waals surface area contributed by atoms with Gasteiger partial charge in [0.1, 0.15) is 22.5 Å². The van der Waals surface area contributed by atoms with Crippen molar-refractivity contribution < 1.29 is 14.6 Å². The Morgan fingerprint density at radius 2 is 2.20 bits per heavy atom. The lowest BCUT2D eigenvalue weighted by Gasteiger charge is -2.34. The molecule has 2 aromatic heterocycles. The van der Waals surface area contributed by atoms with Gasteiger partial charge in [-0.15, -0.1) is 11.3 Å². The number of fused-ring (bicyclic) bond motifs is 1. The van der Waals surface area contributed by atoms with Crippen LogP contribution in [0.25, 0.3) is 10.2 Å². The Morgan fingerprint density at radius 1 is 1.45 bits per heavy atom. The van der Waals surface area contributed by atoms with Crippen LogP contribution in [0, 0.1) is 6.92 Å². The molecule has 0 unspecified atom stereocenters. The minimum atomic E-state index is -1.00. The normalized spacial score (nSPS) is 18.1. The summed E-state index contributed by atoms with van der Waals surface area (Å²) in [5.41, 5.74) is -1.00. The van der Waals surface area contributed by atoms with Crippen LogP contribution < -0.4 is 5.32 Å². The van der Waals surface area contributed by atoms with Gasteiger partial charge >= 0.3 is 5.97 Å². The number of hydrogen-bond donors (Lipinski definition) is 2. The second-order valence-corrected chi connectivity index (χ2v) is 6.16. The fourth-order valence-corrected chi connectivity index (χ4v) is 3.26. The number of carboxylic acids is 1. The minimum absolute atomic E-state index is 0.428. The summed E-state index contributed by atoms with van der Waals surface area (Å²) in [7, 11) is 0. The maximum Gasteiger partial charge on any atom is 0.329 e. The lowest BCUT2D eigenvalue weighted by molar-refractivity contribution is -0.145. The molecule has 0 aliphatic carbocycles. The molecule has 2 N–H and O–H groups in total. The Bertz CT molecular complexity index is 649. The van der Waals surface area contributed by atoms with Gasteiger partial charge in [0.05, 0.1) is 5.39 Å². The zero-order chi connectivity index (χ0) is 14.2. The van der Waals surface area contributed by atoms with Crippen LogP contribution in [0.4, 0.5) is 5.82 Å². The summed E-state index contributed by atoms with van der Waals surface area (Å²) >= 11 is 1.57. The Morgan fingerprint density at radius 3 is 2.90 bits per heavy atom. The number of ether oxygens (including phenoxy) is 1. The molecule has 0 atom stereocenters. The molecule has 0 saturated carbocycles. The first-order valence-electron chi connectivity index (χ1n) is 6.41. The predicted molar refractivity (Wildman–Crippen MR) is 76.2 cm³/mol. The SMILES string of the molecule is Cc1cc2c(NC3(C(=O)O)CCOCC3)ncnc2s1. The highest BCUT2D eigenvalue weighted by molar-refractivity contribution is 7.18. The number of rotatable bonds is 3. The molecule has 0 aromatic carbocycles. The highest BCUT2D eigenvalue weighted by Crippen LogP contribution is 2.32. The number of aryl methyl sites for hydroxylation is 1. The molecule has 1 aliphatic rings. The van der Waals surface area contributed by atoms with Crippen LogP contribution >= 0.6 is 11.3 Å². The second-order valence-electron chi connectivity index (χ2n) is 4.92. The van der Waals surface area contributed by atoms with Gasteiger partial charge in [-0.25, -0.2) is 14.8 Å². The first-order chi connectivity index (χ1) is 9.61. The molecule has 1 fully saturated rings. The van der Waals surface area contributed by atoms with Crippen molar-refractivity contribution in [3.05, 3.63) is 17.3 Å². The number of hydrogen-bond acceptors (Lipinski definition) is 6. The maximum atomic E-state index is 11.7. The summed E-state index contributed by atoms with van der Waals surface area (Å²) in [4.78, 5) is 22.1. The van der Waals surface area contributed by atoms with Crippen LogP contribution in [0.2, 0.25) is 0 Å². The largest absolute Gasteiger partial charge is 0.480 e. The van der Waals surface area contributed by atoms with E-state index in [4.69, 9.17) is 4.74 Å². The van der Waals surface area contributed by atoms with Crippen LogP contribution in [0.5, 0.6) is 0 Å². The first-order valence-corrected chi connectivity index (χ1v) is 7.23. The summed E-state index contributed by atoms with van der Waals surface area (Å²) in [5, 5.41) is 13.6. The van der Waals surface area contributed by atoms with E-state index in [0.29, 0.717) is 31.9 Å². The highest BCUT2D eigenvalue weighted by Gasteiger charge is 2.40. The smallest absolute Gasteiger partial charge is 0.329 e. The fraction of sp³-hybridized carbons (Fsp3) is 0.462. The van der Waals surface area contributed by atoms with Gasteiger partial charge in [-0.3, -0.25) is 0 Å². The van der Waals surface area contributed by atoms with Gasteiger partial charge in [0.15, 0.2) is 0 Å². The van der Waals surface area contributed by atoms with Gasteiger partial charge in [-0.2, -0.15) is 0 Å². The van der Waals surface area contributed by atoms with Gasteiger partial charge in [-0.05, 0) is 13.0 Å². The van der Waals surface area contributed by atoms with Crippen LogP contribution in [0.15, 0.2) is 12.4 Å². The highest BCUT2D eigenvalue weighted by atomic mass is 32.1. The number of aliphatic carboxylic acids is 1. The van der Waals surface area contributed by atoms with Crippen molar-refractivity contribution in [2.24, 2.45) is 0 Å². The lowest BCUT2D eigenvalue weighted by Crippen LogP contribution is -2.50. The summed E-state index contributed by atoms with van der Waals surface area (Å²) in [6.45, 7) is 2.88. The topological polar surface area (TPSA) is 84.3 Å². The molecule has 106 valence electrons. The van der Waals surface area contributed by atoms with E-state index in [9.17, 15) is 9.90 Å². The Balaban J connectivity index is 2.00. The standard InChI is InChI=1S/C13H15N3O3S/c1-8-6-9-10(14-7-15-11(9)20-8)16-13(12(17)18)2-4-19-5-3-13/h6-7H,2-5H2,1H3,(H,17,18)(H,14,15,16). The molecule has 20 heavy (non-hydrogen) atoms. The molecule has 2 aromatic rings. The van der Waals surface area contributed by atoms with E-state index in [1.807, 2.05) is 13.0 Å². The van der Waals surface area contributed by atoms with Crippen LogP contribution in [-0.2, 0) is 9.53 Å². The Kier molecular flexibility index (Phi) is 3.31. The fourth-order valence-electron chi connectivity index (χ4n) is 2.41. The zero-order valence-electron chi connectivity index (χ0n) is 11.0. The van der Waals surface area contributed by atoms with Gasteiger partial charge in [0.2, 0.25) is 0 Å². The molecule has 6 nitrogen and oxygen atoms in total. The molecule has 1 aliphatic heterocycles. The third-order valence-electron chi connectivity index (χ3n) is 3.57. The van der Waals surface area contributed by atoms with Crippen molar-refractivity contribution >= 4 is 33.3 Å². The van der Waals surface area contributed by atoms with Crippen molar-refractivity contribution in [3.63, 3.8) is 0 Å². The van der Waals surface area contributed by atoms with Crippen molar-refractivity contribution in [1.82, 2.24) is 9.97 Å². The molecule has 0 radical (unpaired) electrons. The van der Waals surface area contributed by atoms with Crippen molar-refractivity contribution in [2.45, 2.75) is 25.3 Å². The maximum absolute atomic E-state index is 11.7. The molecule has 0 bridgehead atoms. The molecular formula is C13H15N3O3S. The van der Waals surface area contributed by atoms with Gasteiger partial charge in [0.25, 0.3) is 0 Å². The molecule has 3 rings (SSSR count). The van der Waals surface area contributed by atoms with Gasteiger partial charge in [-0.1, -0.05) is 0 Å². The molecular weight excluding hydrogens is 278 g/mol. The van der Waals surface area contributed by atoms with E-state index >= 15 is 0 Å². The Labute approximate surface area is 119 Å². The average Bonchev–Trinajstić information content (AvgIpc) is 2.81. The average molecular weight is 293 g/mol. The first kappa shape index (κ1) is 13.3. The minimum Gasteiger partial charge on any atom is -0.480 e. The van der Waals surface area contributed by atoms with Gasteiger partial charge in [0, 0.05) is 30.9 Å². The Hall–Kier alpha value is -1.73. The predicted octanol–water partition coefficient (Wildman–Crippen LogP) is 2.05. The van der Waals surface area contributed by atoms with Crippen LogP contribution in [-0.4, -0.2) is 39.8 Å². The zero-order valence-corrected chi connectivity index (χ0v) is 11.9. The number of carbonyl (C=O) groups is 1. The van der Waals surface area contributed by atoms with E-state index in [2.05, 4.69) is 15.3 Å². The van der Waals surface area contributed by atoms with E-state index in [1.54, 1.807) is 11.3 Å². The van der Waals surface area contributed by atoms with Crippen LogP contribution in [0.3, 0.4) is 0 Å². The van der Waals surface area contributed by atoms with E-state index in [0.717, 1.165) is 15.1 Å². The second kappa shape index (κ2) is 4.99. The molecule has 7 heteroatoms. The summed E-state index contributed by atoms with van der Waals surface area (Å²) in [6.07, 6.45) is 2.32. The summed E-state index contributed by atoms with van der Waals surface area (Å²) < 4.78 is 5.27. The quantitative estimate of drug-likeness (QED) is 0.901.